The monoisotopic (exact) mass is 448 g/mol. The van der Waals surface area contributed by atoms with E-state index in [0.29, 0.717) is 0 Å². The Morgan fingerprint density at radius 1 is 0.720 bits per heavy atom. The van der Waals surface area contributed by atoms with E-state index >= 15 is 0 Å². The zero-order valence-corrected chi connectivity index (χ0v) is 17.2. The molecule has 2 atom stereocenters. The molecule has 0 aliphatic heterocycles. The predicted octanol–water partition coefficient (Wildman–Crippen LogP) is -0.492. The van der Waals surface area contributed by atoms with Gasteiger partial charge in [0.05, 0.1) is 6.29 Å². The lowest BCUT2D eigenvalue weighted by atomic mass is 10.5. The van der Waals surface area contributed by atoms with Crippen molar-refractivity contribution in [1.82, 2.24) is 9.80 Å². The Hall–Kier alpha value is 0.560. The summed E-state index contributed by atoms with van der Waals surface area (Å²) in [5.41, 5.74) is 0. The summed E-state index contributed by atoms with van der Waals surface area (Å²) in [7, 11) is -16.0. The molecule has 0 aromatic heterocycles. The molecule has 17 heteroatoms. The molecule has 0 aromatic rings. The molecule has 0 aliphatic rings. The van der Waals surface area contributed by atoms with Crippen LogP contribution < -0.4 is 0 Å². The van der Waals surface area contributed by atoms with Gasteiger partial charge in [-0.1, -0.05) is 0 Å². The van der Waals surface area contributed by atoms with Crippen molar-refractivity contribution in [1.29, 1.82) is 0 Å². The SMILES string of the molecule is COP(=O)(O)CN(CCN(CP(C)(=O)O)CP(=O)(O)O)CP(=O)(O)O. The van der Waals surface area contributed by atoms with Crippen LogP contribution in [0.5, 0.6) is 0 Å². The maximum absolute atomic E-state index is 11.6. The zero-order valence-electron chi connectivity index (χ0n) is 13.7. The van der Waals surface area contributed by atoms with E-state index in [-0.39, 0.29) is 13.1 Å². The van der Waals surface area contributed by atoms with E-state index in [4.69, 9.17) is 19.6 Å². The highest BCUT2D eigenvalue weighted by Crippen LogP contribution is 2.45. The van der Waals surface area contributed by atoms with Crippen molar-refractivity contribution in [3.8, 4) is 0 Å². The summed E-state index contributed by atoms with van der Waals surface area (Å²) < 4.78 is 49.7. The Balaban J connectivity index is 5.15. The highest BCUT2D eigenvalue weighted by atomic mass is 31.2. The molecular weight excluding hydrogens is 424 g/mol. The molecular formula is C8H24N2O11P4. The van der Waals surface area contributed by atoms with Crippen molar-refractivity contribution in [2.45, 2.75) is 0 Å². The third-order valence-electron chi connectivity index (χ3n) is 2.63. The smallest absolute Gasteiger partial charge is 0.341 e. The molecule has 2 unspecified atom stereocenters. The first kappa shape index (κ1) is 25.6. The van der Waals surface area contributed by atoms with Crippen LogP contribution in [0.3, 0.4) is 0 Å². The Bertz CT molecular complexity index is 585. The van der Waals surface area contributed by atoms with Crippen LogP contribution >= 0.6 is 30.2 Å². The standard InChI is InChI=1S/C8H24N2O11P4/c1-21-25(19,20)8-10(7-24(16,17)18)4-3-9(5-22(2,11)12)6-23(13,14)15/h3-8H2,1-2H3,(H,11,12)(H,19,20)(H2,13,14,15)(H2,16,17,18). The molecule has 0 spiro atoms. The van der Waals surface area contributed by atoms with E-state index in [1.54, 1.807) is 0 Å². The van der Waals surface area contributed by atoms with E-state index in [1.807, 2.05) is 0 Å². The lowest BCUT2D eigenvalue weighted by molar-refractivity contribution is 0.226. The van der Waals surface area contributed by atoms with E-state index in [2.05, 4.69) is 4.52 Å². The molecule has 0 bridgehead atoms. The molecule has 25 heavy (non-hydrogen) atoms. The van der Waals surface area contributed by atoms with Gasteiger partial charge in [-0.3, -0.25) is 28.1 Å². The maximum Gasteiger partial charge on any atom is 0.341 e. The fourth-order valence-corrected chi connectivity index (χ4v) is 5.54. The number of nitrogens with zero attached hydrogens (tertiary/aromatic N) is 2. The van der Waals surface area contributed by atoms with Crippen molar-refractivity contribution in [3.05, 3.63) is 0 Å². The molecule has 0 heterocycles. The molecule has 0 radical (unpaired) electrons. The van der Waals surface area contributed by atoms with Crippen molar-refractivity contribution in [3.63, 3.8) is 0 Å². The molecule has 0 saturated carbocycles. The van der Waals surface area contributed by atoms with Gasteiger partial charge in [-0.25, -0.2) is 0 Å². The fourth-order valence-electron chi connectivity index (χ4n) is 1.86. The van der Waals surface area contributed by atoms with E-state index in [0.717, 1.165) is 23.6 Å². The second kappa shape index (κ2) is 9.66. The zero-order chi connectivity index (χ0) is 20.1. The van der Waals surface area contributed by atoms with Crippen LogP contribution in [-0.2, 0) is 22.8 Å². The number of hydrogen-bond donors (Lipinski definition) is 6. The second-order valence-electron chi connectivity index (χ2n) is 5.55. The largest absolute Gasteiger partial charge is 0.344 e. The molecule has 0 aliphatic carbocycles. The van der Waals surface area contributed by atoms with Gasteiger partial charge >= 0.3 is 22.8 Å². The summed E-state index contributed by atoms with van der Waals surface area (Å²) in [5, 5.41) is 0. The van der Waals surface area contributed by atoms with Crippen LogP contribution in [0.25, 0.3) is 0 Å². The maximum atomic E-state index is 11.6. The van der Waals surface area contributed by atoms with Crippen molar-refractivity contribution in [2.75, 3.05) is 52.0 Å². The van der Waals surface area contributed by atoms with Crippen LogP contribution in [0, 0.1) is 0 Å². The van der Waals surface area contributed by atoms with E-state index < -0.39 is 55.3 Å². The van der Waals surface area contributed by atoms with Crippen LogP contribution in [0.4, 0.5) is 0 Å². The predicted molar refractivity (Wildman–Crippen MR) is 89.6 cm³/mol. The molecule has 6 N–H and O–H groups in total. The van der Waals surface area contributed by atoms with Gasteiger partial charge in [0.1, 0.15) is 18.9 Å². The van der Waals surface area contributed by atoms with Crippen molar-refractivity contribution in [2.24, 2.45) is 0 Å². The first-order chi connectivity index (χ1) is 10.9. The molecule has 13 nitrogen and oxygen atoms in total. The highest BCUT2D eigenvalue weighted by Gasteiger charge is 2.29. The molecule has 0 saturated heterocycles. The number of rotatable bonds is 12. The Morgan fingerprint density at radius 2 is 1.08 bits per heavy atom. The summed E-state index contributed by atoms with van der Waals surface area (Å²) in [6.07, 6.45) is -3.05. The lowest BCUT2D eigenvalue weighted by Crippen LogP contribution is -2.37. The van der Waals surface area contributed by atoms with Crippen molar-refractivity contribution >= 4 is 30.2 Å². The molecule has 152 valence electrons. The third-order valence-corrected chi connectivity index (χ3v) is 6.42. The van der Waals surface area contributed by atoms with Gasteiger partial charge in [-0.05, 0) is 0 Å². The van der Waals surface area contributed by atoms with E-state index in [1.165, 1.54) is 0 Å². The average molecular weight is 448 g/mol. The quantitative estimate of drug-likeness (QED) is 0.209. The van der Waals surface area contributed by atoms with E-state index in [9.17, 15) is 28.0 Å². The topological polar surface area (TPSA) is 205 Å². The average Bonchev–Trinajstić information content (AvgIpc) is 2.29. The Morgan fingerprint density at radius 3 is 1.36 bits per heavy atom. The van der Waals surface area contributed by atoms with Crippen molar-refractivity contribution < 1.29 is 52.1 Å². The van der Waals surface area contributed by atoms with Gasteiger partial charge < -0.3 is 33.9 Å². The van der Waals surface area contributed by atoms with Gasteiger partial charge in [-0.2, -0.15) is 0 Å². The fraction of sp³-hybridized carbons (Fsp3) is 1.00. The van der Waals surface area contributed by atoms with Gasteiger partial charge in [0.15, 0.2) is 0 Å². The normalized spacial score (nSPS) is 18.3. The van der Waals surface area contributed by atoms with Gasteiger partial charge in [0.2, 0.25) is 7.37 Å². The lowest BCUT2D eigenvalue weighted by Gasteiger charge is -2.29. The Labute approximate surface area is 144 Å². The van der Waals surface area contributed by atoms with Gasteiger partial charge in [0, 0.05) is 26.9 Å². The third kappa shape index (κ3) is 15.3. The summed E-state index contributed by atoms with van der Waals surface area (Å²) in [4.78, 5) is 56.8. The minimum Gasteiger partial charge on any atom is -0.344 e. The van der Waals surface area contributed by atoms with Crippen LogP contribution in [-0.4, -0.2) is 91.2 Å². The minimum atomic E-state index is -4.60. The van der Waals surface area contributed by atoms with Gasteiger partial charge in [-0.15, -0.1) is 0 Å². The number of hydrogen-bond acceptors (Lipinski definition) is 7. The summed E-state index contributed by atoms with van der Waals surface area (Å²) in [5.74, 6) is 0. The summed E-state index contributed by atoms with van der Waals surface area (Å²) in [6, 6.07) is 0. The van der Waals surface area contributed by atoms with Crippen LogP contribution in [0.2, 0.25) is 0 Å². The van der Waals surface area contributed by atoms with Crippen LogP contribution in [0.1, 0.15) is 0 Å². The molecule has 0 fully saturated rings. The molecule has 0 aromatic carbocycles. The molecule has 0 amide bonds. The minimum absolute atomic E-state index is 0.285. The van der Waals surface area contributed by atoms with Crippen LogP contribution in [0.15, 0.2) is 0 Å². The van der Waals surface area contributed by atoms with Gasteiger partial charge in [0.25, 0.3) is 0 Å². The highest BCUT2D eigenvalue weighted by molar-refractivity contribution is 7.57. The first-order valence-electron chi connectivity index (χ1n) is 6.63. The summed E-state index contributed by atoms with van der Waals surface area (Å²) in [6.45, 7) is 0.395. The first-order valence-corrected chi connectivity index (χ1v) is 14.3. The second-order valence-corrected chi connectivity index (χ2v) is 13.1. The summed E-state index contributed by atoms with van der Waals surface area (Å²) >= 11 is 0. The Kier molecular flexibility index (Phi) is 9.88. The molecule has 0 rings (SSSR count).